The Morgan fingerprint density at radius 3 is 2.65 bits per heavy atom. The molecule has 2 amide bonds. The number of H-pyrrole nitrogens is 1. The molecule has 26 heavy (non-hydrogen) atoms. The van der Waals surface area contributed by atoms with E-state index in [1.807, 2.05) is 18.2 Å². The van der Waals surface area contributed by atoms with Crippen molar-refractivity contribution in [3.63, 3.8) is 0 Å². The zero-order valence-corrected chi connectivity index (χ0v) is 13.9. The molecule has 3 aromatic rings. The maximum atomic E-state index is 12.7. The lowest BCUT2D eigenvalue weighted by Gasteiger charge is -2.10. The number of hydrogen-bond acceptors (Lipinski definition) is 4. The van der Waals surface area contributed by atoms with Crippen molar-refractivity contribution in [3.05, 3.63) is 60.4 Å². The molecule has 2 aromatic carbocycles. The van der Waals surface area contributed by atoms with E-state index in [2.05, 4.69) is 25.8 Å². The highest BCUT2D eigenvalue weighted by Crippen LogP contribution is 2.30. The number of anilines is 2. The van der Waals surface area contributed by atoms with Crippen LogP contribution in [-0.4, -0.2) is 27.0 Å². The number of benzene rings is 2. The Morgan fingerprint density at radius 1 is 1.04 bits per heavy atom. The van der Waals surface area contributed by atoms with Crippen LogP contribution in [0.3, 0.4) is 0 Å². The molecule has 4 rings (SSSR count). The minimum absolute atomic E-state index is 0.0122. The average Bonchev–Trinajstić information content (AvgIpc) is 3.38. The predicted molar refractivity (Wildman–Crippen MR) is 97.6 cm³/mol. The summed E-state index contributed by atoms with van der Waals surface area (Å²) in [6.07, 6.45) is 3.29. The molecule has 1 aliphatic rings. The highest BCUT2D eigenvalue weighted by Gasteiger charge is 2.29. The van der Waals surface area contributed by atoms with Gasteiger partial charge in [0, 0.05) is 22.7 Å². The Labute approximate surface area is 149 Å². The molecular weight excluding hydrogens is 330 g/mol. The fraction of sp³-hybridized carbons (Fsp3) is 0.158. The molecule has 0 aliphatic heterocycles. The van der Waals surface area contributed by atoms with Gasteiger partial charge in [-0.25, -0.2) is 4.98 Å². The van der Waals surface area contributed by atoms with Crippen molar-refractivity contribution < 1.29 is 9.59 Å². The third-order valence-corrected chi connectivity index (χ3v) is 4.19. The summed E-state index contributed by atoms with van der Waals surface area (Å²) in [4.78, 5) is 28.7. The highest BCUT2D eigenvalue weighted by atomic mass is 16.2. The number of para-hydroxylation sites is 1. The van der Waals surface area contributed by atoms with Gasteiger partial charge in [-0.1, -0.05) is 18.2 Å². The summed E-state index contributed by atoms with van der Waals surface area (Å²) in [6, 6.07) is 14.3. The first-order chi connectivity index (χ1) is 12.7. The second kappa shape index (κ2) is 6.79. The molecule has 0 saturated heterocycles. The molecule has 0 unspecified atom stereocenters. The fourth-order valence-electron chi connectivity index (χ4n) is 2.66. The third kappa shape index (κ3) is 3.46. The second-order valence-corrected chi connectivity index (χ2v) is 6.18. The minimum Gasteiger partial charge on any atom is -0.326 e. The summed E-state index contributed by atoms with van der Waals surface area (Å²) in [5, 5.41) is 12.4. The lowest BCUT2D eigenvalue weighted by Crippen LogP contribution is -2.15. The number of rotatable bonds is 5. The Morgan fingerprint density at radius 2 is 1.88 bits per heavy atom. The molecule has 1 saturated carbocycles. The first-order valence-electron chi connectivity index (χ1n) is 8.38. The summed E-state index contributed by atoms with van der Waals surface area (Å²) >= 11 is 0. The van der Waals surface area contributed by atoms with E-state index in [9.17, 15) is 9.59 Å². The van der Waals surface area contributed by atoms with E-state index >= 15 is 0 Å². The van der Waals surface area contributed by atoms with Gasteiger partial charge in [0.2, 0.25) is 5.91 Å². The number of aromatic amines is 1. The van der Waals surface area contributed by atoms with Crippen LogP contribution < -0.4 is 10.6 Å². The van der Waals surface area contributed by atoms with E-state index in [0.717, 1.165) is 18.4 Å². The average molecular weight is 347 g/mol. The van der Waals surface area contributed by atoms with Crippen LogP contribution in [0.15, 0.2) is 54.9 Å². The van der Waals surface area contributed by atoms with Crippen LogP contribution in [0.1, 0.15) is 23.2 Å². The maximum Gasteiger partial charge on any atom is 0.255 e. The van der Waals surface area contributed by atoms with Crippen LogP contribution >= 0.6 is 0 Å². The number of amides is 2. The summed E-state index contributed by atoms with van der Waals surface area (Å²) < 4.78 is 0. The van der Waals surface area contributed by atoms with Crippen LogP contribution in [0, 0.1) is 5.92 Å². The Hall–Kier alpha value is -3.48. The number of nitrogens with zero attached hydrogens (tertiary/aromatic N) is 2. The molecule has 130 valence electrons. The molecular formula is C19H17N5O2. The highest BCUT2D eigenvalue weighted by molar-refractivity contribution is 6.07. The Balaban J connectivity index is 1.53. The van der Waals surface area contributed by atoms with Gasteiger partial charge in [0.25, 0.3) is 5.91 Å². The van der Waals surface area contributed by atoms with Gasteiger partial charge in [0.05, 0.1) is 5.69 Å². The minimum atomic E-state index is -0.264. The molecule has 0 spiro atoms. The normalized spacial score (nSPS) is 13.2. The topological polar surface area (TPSA) is 99.8 Å². The van der Waals surface area contributed by atoms with Gasteiger partial charge < -0.3 is 10.6 Å². The molecule has 3 N–H and O–H groups in total. The first-order valence-corrected chi connectivity index (χ1v) is 8.38. The van der Waals surface area contributed by atoms with Crippen LogP contribution in [0.2, 0.25) is 0 Å². The van der Waals surface area contributed by atoms with Crippen LogP contribution in [0.4, 0.5) is 11.4 Å². The third-order valence-electron chi connectivity index (χ3n) is 4.19. The van der Waals surface area contributed by atoms with Crippen molar-refractivity contribution in [1.82, 2.24) is 15.2 Å². The number of carbonyl (C=O) groups is 2. The van der Waals surface area contributed by atoms with E-state index in [1.54, 1.807) is 30.3 Å². The van der Waals surface area contributed by atoms with Gasteiger partial charge in [0.15, 0.2) is 5.82 Å². The number of carbonyl (C=O) groups excluding carboxylic acids is 2. The largest absolute Gasteiger partial charge is 0.326 e. The Kier molecular flexibility index (Phi) is 4.18. The summed E-state index contributed by atoms with van der Waals surface area (Å²) in [7, 11) is 0. The molecule has 1 aromatic heterocycles. The van der Waals surface area contributed by atoms with E-state index in [4.69, 9.17) is 0 Å². The van der Waals surface area contributed by atoms with Crippen molar-refractivity contribution in [3.8, 4) is 11.4 Å². The standard InChI is InChI=1S/C19H17N5O2/c25-18(12-8-9-12)22-14-5-3-4-13(10-14)19(26)23-16-7-2-1-6-15(16)17-20-11-21-24-17/h1-7,10-12H,8-9H2,(H,22,25)(H,23,26)(H,20,21,24). The summed E-state index contributed by atoms with van der Waals surface area (Å²) in [5.41, 5.74) is 2.46. The summed E-state index contributed by atoms with van der Waals surface area (Å²) in [6.45, 7) is 0. The van der Waals surface area contributed by atoms with Crippen molar-refractivity contribution in [1.29, 1.82) is 0 Å². The molecule has 0 bridgehead atoms. The zero-order chi connectivity index (χ0) is 17.9. The van der Waals surface area contributed by atoms with Gasteiger partial charge >= 0.3 is 0 Å². The molecule has 1 fully saturated rings. The van der Waals surface area contributed by atoms with Gasteiger partial charge in [-0.2, -0.15) is 5.10 Å². The van der Waals surface area contributed by atoms with Crippen molar-refractivity contribution in [2.75, 3.05) is 10.6 Å². The number of hydrogen-bond donors (Lipinski definition) is 3. The molecule has 0 atom stereocenters. The van der Waals surface area contributed by atoms with Gasteiger partial charge in [-0.05, 0) is 43.2 Å². The summed E-state index contributed by atoms with van der Waals surface area (Å²) in [5.74, 6) is 0.435. The first kappa shape index (κ1) is 16.0. The second-order valence-electron chi connectivity index (χ2n) is 6.18. The van der Waals surface area contributed by atoms with Gasteiger partial charge in [-0.3, -0.25) is 14.7 Å². The van der Waals surface area contributed by atoms with Crippen molar-refractivity contribution in [2.45, 2.75) is 12.8 Å². The van der Waals surface area contributed by atoms with E-state index in [-0.39, 0.29) is 17.7 Å². The lowest BCUT2D eigenvalue weighted by atomic mass is 10.1. The van der Waals surface area contributed by atoms with Crippen LogP contribution in [-0.2, 0) is 4.79 Å². The Bertz CT molecular complexity index is 948. The SMILES string of the molecule is O=C(Nc1ccccc1-c1ncn[nH]1)c1cccc(NC(=O)C2CC2)c1. The molecule has 7 heteroatoms. The predicted octanol–water partition coefficient (Wildman–Crippen LogP) is 3.07. The molecule has 7 nitrogen and oxygen atoms in total. The van der Waals surface area contributed by atoms with Crippen molar-refractivity contribution >= 4 is 23.2 Å². The fourth-order valence-corrected chi connectivity index (χ4v) is 2.66. The molecule has 1 heterocycles. The van der Waals surface area contributed by atoms with E-state index in [1.165, 1.54) is 6.33 Å². The van der Waals surface area contributed by atoms with Crippen LogP contribution in [0.5, 0.6) is 0 Å². The monoisotopic (exact) mass is 347 g/mol. The van der Waals surface area contributed by atoms with Crippen molar-refractivity contribution in [2.24, 2.45) is 5.92 Å². The van der Waals surface area contributed by atoms with Gasteiger partial charge in [0.1, 0.15) is 6.33 Å². The number of aromatic nitrogens is 3. The van der Waals surface area contributed by atoms with E-state index in [0.29, 0.717) is 22.8 Å². The number of nitrogens with one attached hydrogen (secondary N) is 3. The van der Waals surface area contributed by atoms with Gasteiger partial charge in [-0.15, -0.1) is 0 Å². The smallest absolute Gasteiger partial charge is 0.255 e. The maximum absolute atomic E-state index is 12.7. The molecule has 1 aliphatic carbocycles. The quantitative estimate of drug-likeness (QED) is 0.660. The van der Waals surface area contributed by atoms with Crippen LogP contribution in [0.25, 0.3) is 11.4 Å². The zero-order valence-electron chi connectivity index (χ0n) is 13.9. The van der Waals surface area contributed by atoms with E-state index < -0.39 is 0 Å². The lowest BCUT2D eigenvalue weighted by molar-refractivity contribution is -0.117. The molecule has 0 radical (unpaired) electrons.